The molecule has 0 saturated carbocycles. The van der Waals surface area contributed by atoms with Gasteiger partial charge in [0.15, 0.2) is 0 Å². The Morgan fingerprint density at radius 1 is 0.667 bits per heavy atom. The summed E-state index contributed by atoms with van der Waals surface area (Å²) in [6, 6.07) is 9.00. The molecule has 0 unspecified atom stereocenters. The molecular formula is C37H65NO4. The van der Waals surface area contributed by atoms with E-state index in [1.807, 2.05) is 51.1 Å². The molecule has 1 aromatic rings. The lowest BCUT2D eigenvalue weighted by atomic mass is 10.0. The van der Waals surface area contributed by atoms with Crippen LogP contribution in [0, 0.1) is 0 Å². The summed E-state index contributed by atoms with van der Waals surface area (Å²) in [7, 11) is 0. The highest BCUT2D eigenvalue weighted by Crippen LogP contribution is 2.19. The first-order chi connectivity index (χ1) is 20.2. The number of rotatable bonds is 25. The van der Waals surface area contributed by atoms with Crippen LogP contribution < -0.4 is 5.32 Å². The standard InChI is InChI=1S/C37H65NO4/c1-6-8-10-12-14-16-18-20-25-29-33(30-26-21-19-17-15-13-11-9-7-2)41-35(39)34(31-32-27-23-22-24-28-32)38-36(40)42-37(3,4)5/h22-24,27-28,33-34H,6-21,25-26,29-31H2,1-5H3,(H,38,40)/t34-/m0/s1. The summed E-state index contributed by atoms with van der Waals surface area (Å²) >= 11 is 0. The van der Waals surface area contributed by atoms with Crippen molar-refractivity contribution in [2.45, 2.75) is 187 Å². The lowest BCUT2D eigenvalue weighted by Crippen LogP contribution is -2.46. The van der Waals surface area contributed by atoms with E-state index in [-0.39, 0.29) is 12.1 Å². The van der Waals surface area contributed by atoms with Crippen LogP contribution in [0.5, 0.6) is 0 Å². The minimum atomic E-state index is -0.781. The van der Waals surface area contributed by atoms with Gasteiger partial charge in [0.2, 0.25) is 0 Å². The quantitative estimate of drug-likeness (QED) is 0.0913. The molecule has 0 saturated heterocycles. The van der Waals surface area contributed by atoms with Crippen LogP contribution in [-0.2, 0) is 20.7 Å². The number of benzene rings is 1. The lowest BCUT2D eigenvalue weighted by Gasteiger charge is -2.25. The predicted octanol–water partition coefficient (Wildman–Crippen LogP) is 10.9. The topological polar surface area (TPSA) is 64.6 Å². The van der Waals surface area contributed by atoms with Crippen LogP contribution in [0.2, 0.25) is 0 Å². The van der Waals surface area contributed by atoms with Gasteiger partial charge in [-0.25, -0.2) is 9.59 Å². The van der Waals surface area contributed by atoms with E-state index in [1.165, 1.54) is 103 Å². The number of carbonyl (C=O) groups excluding carboxylic acids is 2. The van der Waals surface area contributed by atoms with Crippen LogP contribution in [0.4, 0.5) is 4.79 Å². The minimum Gasteiger partial charge on any atom is -0.461 e. The summed E-state index contributed by atoms with van der Waals surface area (Å²) in [4.78, 5) is 26.1. The van der Waals surface area contributed by atoms with Crippen LogP contribution in [0.1, 0.15) is 169 Å². The Balaban J connectivity index is 2.67. The van der Waals surface area contributed by atoms with E-state index in [9.17, 15) is 9.59 Å². The number of esters is 1. The SMILES string of the molecule is CCCCCCCCCCCC(CCCCCCCCCCC)OC(=O)[C@H](Cc1ccccc1)NC(=O)OC(C)(C)C. The highest BCUT2D eigenvalue weighted by molar-refractivity contribution is 5.82. The zero-order chi connectivity index (χ0) is 30.9. The Hall–Kier alpha value is -2.04. The van der Waals surface area contributed by atoms with Gasteiger partial charge in [-0.2, -0.15) is 0 Å². The summed E-state index contributed by atoms with van der Waals surface area (Å²) in [6.07, 6.45) is 24.4. The summed E-state index contributed by atoms with van der Waals surface area (Å²) in [5.74, 6) is -0.360. The minimum absolute atomic E-state index is 0.106. The molecule has 0 aliphatic rings. The molecule has 0 bridgehead atoms. The van der Waals surface area contributed by atoms with Crippen molar-refractivity contribution >= 4 is 12.1 Å². The summed E-state index contributed by atoms with van der Waals surface area (Å²) in [5.41, 5.74) is 0.338. The van der Waals surface area contributed by atoms with E-state index in [0.29, 0.717) is 6.42 Å². The van der Waals surface area contributed by atoms with Crippen LogP contribution in [0.25, 0.3) is 0 Å². The molecule has 0 aliphatic heterocycles. The number of carbonyl (C=O) groups is 2. The second kappa shape index (κ2) is 24.4. The molecule has 42 heavy (non-hydrogen) atoms. The summed E-state index contributed by atoms with van der Waals surface area (Å²) in [5, 5.41) is 2.80. The van der Waals surface area contributed by atoms with Crippen molar-refractivity contribution in [3.05, 3.63) is 35.9 Å². The third-order valence-electron chi connectivity index (χ3n) is 7.80. The molecule has 0 aliphatic carbocycles. The van der Waals surface area contributed by atoms with Crippen molar-refractivity contribution in [2.75, 3.05) is 0 Å². The Kier molecular flexibility index (Phi) is 22.1. The van der Waals surface area contributed by atoms with Crippen molar-refractivity contribution in [3.8, 4) is 0 Å². The maximum atomic E-state index is 13.5. The fourth-order valence-electron chi connectivity index (χ4n) is 5.37. The summed E-state index contributed by atoms with van der Waals surface area (Å²) in [6.45, 7) is 9.99. The van der Waals surface area contributed by atoms with Crippen LogP contribution in [-0.4, -0.2) is 29.8 Å². The maximum Gasteiger partial charge on any atom is 0.408 e. The number of nitrogens with one attached hydrogen (secondary N) is 1. The first kappa shape index (κ1) is 38.0. The highest BCUT2D eigenvalue weighted by atomic mass is 16.6. The molecule has 1 rings (SSSR count). The van der Waals surface area contributed by atoms with Crippen molar-refractivity contribution < 1.29 is 19.1 Å². The molecule has 5 nitrogen and oxygen atoms in total. The van der Waals surface area contributed by atoms with Gasteiger partial charge in [0, 0.05) is 6.42 Å². The van der Waals surface area contributed by atoms with Gasteiger partial charge in [-0.15, -0.1) is 0 Å². The van der Waals surface area contributed by atoms with Crippen LogP contribution in [0.15, 0.2) is 30.3 Å². The molecule has 242 valence electrons. The number of unbranched alkanes of at least 4 members (excludes halogenated alkanes) is 16. The average molecular weight is 588 g/mol. The normalized spacial score (nSPS) is 12.3. The van der Waals surface area contributed by atoms with E-state index in [2.05, 4.69) is 19.2 Å². The first-order valence-corrected chi connectivity index (χ1v) is 17.5. The van der Waals surface area contributed by atoms with E-state index in [4.69, 9.17) is 9.47 Å². The number of amides is 1. The molecule has 1 N–H and O–H groups in total. The smallest absolute Gasteiger partial charge is 0.408 e. The Morgan fingerprint density at radius 2 is 1.10 bits per heavy atom. The molecule has 5 heteroatoms. The van der Waals surface area contributed by atoms with Crippen molar-refractivity contribution in [3.63, 3.8) is 0 Å². The van der Waals surface area contributed by atoms with Gasteiger partial charge in [-0.3, -0.25) is 0 Å². The predicted molar refractivity (Wildman–Crippen MR) is 177 cm³/mol. The molecule has 1 amide bonds. The fraction of sp³-hybridized carbons (Fsp3) is 0.784. The monoisotopic (exact) mass is 587 g/mol. The van der Waals surface area contributed by atoms with E-state index in [0.717, 1.165) is 31.2 Å². The molecule has 0 aromatic heterocycles. The lowest BCUT2D eigenvalue weighted by molar-refractivity contribution is -0.152. The number of ether oxygens (including phenoxy) is 2. The van der Waals surface area contributed by atoms with E-state index < -0.39 is 17.7 Å². The molecule has 1 atom stereocenters. The Labute approximate surface area is 259 Å². The zero-order valence-electron chi connectivity index (χ0n) is 28.0. The molecule has 0 radical (unpaired) electrons. The van der Waals surface area contributed by atoms with Crippen LogP contribution >= 0.6 is 0 Å². The second-order valence-electron chi connectivity index (χ2n) is 13.2. The van der Waals surface area contributed by atoms with Crippen molar-refractivity contribution in [1.82, 2.24) is 5.32 Å². The Bertz CT molecular complexity index is 767. The highest BCUT2D eigenvalue weighted by Gasteiger charge is 2.28. The molecule has 0 fully saturated rings. The van der Waals surface area contributed by atoms with Gasteiger partial charge in [0.1, 0.15) is 17.7 Å². The van der Waals surface area contributed by atoms with E-state index >= 15 is 0 Å². The van der Waals surface area contributed by atoms with Gasteiger partial charge in [-0.05, 0) is 52.0 Å². The average Bonchev–Trinajstić information content (AvgIpc) is 2.94. The van der Waals surface area contributed by atoms with Crippen LogP contribution in [0.3, 0.4) is 0 Å². The molecular weight excluding hydrogens is 522 g/mol. The number of alkyl carbamates (subject to hydrolysis) is 1. The van der Waals surface area contributed by atoms with Gasteiger partial charge >= 0.3 is 12.1 Å². The molecule has 1 aromatic carbocycles. The molecule has 0 spiro atoms. The third-order valence-corrected chi connectivity index (χ3v) is 7.80. The first-order valence-electron chi connectivity index (χ1n) is 17.5. The van der Waals surface area contributed by atoms with Crippen molar-refractivity contribution in [1.29, 1.82) is 0 Å². The second-order valence-corrected chi connectivity index (χ2v) is 13.2. The Morgan fingerprint density at radius 3 is 1.52 bits per heavy atom. The maximum absolute atomic E-state index is 13.5. The summed E-state index contributed by atoms with van der Waals surface area (Å²) < 4.78 is 11.6. The van der Waals surface area contributed by atoms with Gasteiger partial charge < -0.3 is 14.8 Å². The van der Waals surface area contributed by atoms with Gasteiger partial charge in [-0.1, -0.05) is 147 Å². The number of hydrogen-bond donors (Lipinski definition) is 1. The largest absolute Gasteiger partial charge is 0.461 e. The van der Waals surface area contributed by atoms with Crippen molar-refractivity contribution in [2.24, 2.45) is 0 Å². The van der Waals surface area contributed by atoms with Gasteiger partial charge in [0.25, 0.3) is 0 Å². The third kappa shape index (κ3) is 21.6. The molecule has 0 heterocycles. The number of hydrogen-bond acceptors (Lipinski definition) is 4. The zero-order valence-corrected chi connectivity index (χ0v) is 28.0. The van der Waals surface area contributed by atoms with Gasteiger partial charge in [0.05, 0.1) is 0 Å². The van der Waals surface area contributed by atoms with E-state index in [1.54, 1.807) is 0 Å². The fourth-order valence-corrected chi connectivity index (χ4v) is 5.37.